The molecule has 5 nitrogen and oxygen atoms in total. The van der Waals surface area contributed by atoms with Crippen LogP contribution in [0, 0.1) is 18.6 Å². The molecule has 1 atom stereocenters. The first-order chi connectivity index (χ1) is 15.8. The number of hydrazone groups is 1. The van der Waals surface area contributed by atoms with E-state index in [1.54, 1.807) is 18.2 Å². The zero-order chi connectivity index (χ0) is 23.5. The van der Waals surface area contributed by atoms with Gasteiger partial charge in [0.15, 0.2) is 0 Å². The molecule has 0 spiro atoms. The molecule has 4 rings (SSSR count). The van der Waals surface area contributed by atoms with Crippen molar-refractivity contribution in [3.05, 3.63) is 107 Å². The summed E-state index contributed by atoms with van der Waals surface area (Å²) in [6, 6.07) is 18.9. The molecule has 0 saturated heterocycles. The second-order valence-corrected chi connectivity index (χ2v) is 8.07. The first kappa shape index (κ1) is 22.3. The molecule has 0 aromatic heterocycles. The quantitative estimate of drug-likeness (QED) is 0.568. The maximum atomic E-state index is 14.4. The Morgan fingerprint density at radius 1 is 1.03 bits per heavy atom. The van der Waals surface area contributed by atoms with Crippen LogP contribution in [0.5, 0.6) is 0 Å². The summed E-state index contributed by atoms with van der Waals surface area (Å²) in [5.41, 5.74) is 2.89. The Bertz CT molecular complexity index is 1220. The summed E-state index contributed by atoms with van der Waals surface area (Å²) in [6.45, 7) is 1.71. The molecule has 3 aromatic rings. The molecule has 0 aliphatic carbocycles. The summed E-state index contributed by atoms with van der Waals surface area (Å²) in [5.74, 6) is -1.84. The number of amides is 2. The number of carbonyl (C=O) groups is 2. The van der Waals surface area contributed by atoms with Crippen molar-refractivity contribution in [1.29, 1.82) is 0 Å². The Balaban J connectivity index is 1.60. The Hall–Kier alpha value is -3.87. The van der Waals surface area contributed by atoms with Crippen molar-refractivity contribution in [3.63, 3.8) is 0 Å². The van der Waals surface area contributed by atoms with Gasteiger partial charge in [0.1, 0.15) is 18.2 Å². The van der Waals surface area contributed by atoms with Crippen molar-refractivity contribution in [2.75, 3.05) is 13.6 Å². The van der Waals surface area contributed by atoms with Crippen LogP contribution in [0.25, 0.3) is 0 Å². The van der Waals surface area contributed by atoms with E-state index in [2.05, 4.69) is 5.10 Å². The van der Waals surface area contributed by atoms with Gasteiger partial charge in [-0.2, -0.15) is 5.10 Å². The van der Waals surface area contributed by atoms with Gasteiger partial charge < -0.3 is 4.90 Å². The van der Waals surface area contributed by atoms with Crippen LogP contribution < -0.4 is 0 Å². The van der Waals surface area contributed by atoms with Crippen molar-refractivity contribution in [1.82, 2.24) is 9.91 Å². The molecule has 0 fully saturated rings. The van der Waals surface area contributed by atoms with E-state index in [0.717, 1.165) is 17.2 Å². The zero-order valence-corrected chi connectivity index (χ0v) is 18.3. The molecule has 168 valence electrons. The lowest BCUT2D eigenvalue weighted by atomic mass is 9.97. The minimum atomic E-state index is -0.529. The Kier molecular flexibility index (Phi) is 6.31. The average Bonchev–Trinajstić information content (AvgIpc) is 3.24. The van der Waals surface area contributed by atoms with Crippen LogP contribution in [0.3, 0.4) is 0 Å². The van der Waals surface area contributed by atoms with Gasteiger partial charge in [-0.1, -0.05) is 54.1 Å². The zero-order valence-electron chi connectivity index (χ0n) is 18.3. The minimum Gasteiger partial charge on any atom is -0.332 e. The first-order valence-electron chi connectivity index (χ1n) is 10.6. The van der Waals surface area contributed by atoms with Gasteiger partial charge in [0.25, 0.3) is 11.8 Å². The highest BCUT2D eigenvalue weighted by atomic mass is 19.1. The fourth-order valence-electron chi connectivity index (χ4n) is 3.84. The highest BCUT2D eigenvalue weighted by molar-refractivity contribution is 6.04. The number of likely N-dealkylation sites (N-methyl/N-ethyl adjacent to an activating group) is 1. The molecule has 2 amide bonds. The molecule has 33 heavy (non-hydrogen) atoms. The normalized spacial score (nSPS) is 15.3. The summed E-state index contributed by atoms with van der Waals surface area (Å²) in [7, 11) is 1.48. The molecule has 0 radical (unpaired) electrons. The fraction of sp³-hybridized carbons (Fsp3) is 0.192. The van der Waals surface area contributed by atoms with Gasteiger partial charge in [-0.25, -0.2) is 13.8 Å². The summed E-state index contributed by atoms with van der Waals surface area (Å²) in [4.78, 5) is 27.1. The molecule has 0 saturated carbocycles. The predicted octanol–water partition coefficient (Wildman–Crippen LogP) is 4.72. The summed E-state index contributed by atoms with van der Waals surface area (Å²) in [5, 5.41) is 5.78. The van der Waals surface area contributed by atoms with Crippen molar-refractivity contribution in [3.8, 4) is 0 Å². The molecule has 1 heterocycles. The van der Waals surface area contributed by atoms with Gasteiger partial charge in [-0.3, -0.25) is 9.59 Å². The van der Waals surface area contributed by atoms with Gasteiger partial charge in [0.2, 0.25) is 0 Å². The third-order valence-electron chi connectivity index (χ3n) is 5.60. The number of hydrogen-bond acceptors (Lipinski definition) is 3. The number of carbonyl (C=O) groups excluding carboxylic acids is 2. The van der Waals surface area contributed by atoms with Crippen molar-refractivity contribution in [2.24, 2.45) is 5.10 Å². The predicted molar refractivity (Wildman–Crippen MR) is 122 cm³/mol. The van der Waals surface area contributed by atoms with Gasteiger partial charge in [0, 0.05) is 24.6 Å². The Labute approximate surface area is 190 Å². The number of benzene rings is 3. The summed E-state index contributed by atoms with van der Waals surface area (Å²) >= 11 is 0. The van der Waals surface area contributed by atoms with Gasteiger partial charge >= 0.3 is 0 Å². The molecule has 7 heteroatoms. The van der Waals surface area contributed by atoms with Crippen molar-refractivity contribution < 1.29 is 18.4 Å². The van der Waals surface area contributed by atoms with Crippen molar-refractivity contribution in [2.45, 2.75) is 19.4 Å². The van der Waals surface area contributed by atoms with Crippen LogP contribution >= 0.6 is 0 Å². The van der Waals surface area contributed by atoms with E-state index >= 15 is 0 Å². The lowest BCUT2D eigenvalue weighted by molar-refractivity contribution is -0.133. The van der Waals surface area contributed by atoms with Crippen LogP contribution in [-0.2, 0) is 4.79 Å². The number of aryl methyl sites for hydroxylation is 1. The maximum Gasteiger partial charge on any atom is 0.262 e. The van der Waals surface area contributed by atoms with Gasteiger partial charge in [-0.15, -0.1) is 0 Å². The van der Waals surface area contributed by atoms with E-state index in [1.165, 1.54) is 41.2 Å². The molecule has 0 unspecified atom stereocenters. The Morgan fingerprint density at radius 2 is 1.76 bits per heavy atom. The largest absolute Gasteiger partial charge is 0.332 e. The maximum absolute atomic E-state index is 14.4. The van der Waals surface area contributed by atoms with E-state index in [9.17, 15) is 18.4 Å². The van der Waals surface area contributed by atoms with E-state index in [1.807, 2.05) is 31.2 Å². The molecule has 3 aromatic carbocycles. The average molecular weight is 447 g/mol. The minimum absolute atomic E-state index is 0.150. The third-order valence-corrected chi connectivity index (χ3v) is 5.60. The molecular formula is C26H23F2N3O2. The number of rotatable bonds is 5. The van der Waals surface area contributed by atoms with E-state index in [4.69, 9.17) is 0 Å². The highest BCUT2D eigenvalue weighted by Crippen LogP contribution is 2.33. The second-order valence-electron chi connectivity index (χ2n) is 8.07. The lowest BCUT2D eigenvalue weighted by Crippen LogP contribution is -2.39. The fourth-order valence-corrected chi connectivity index (χ4v) is 3.84. The lowest BCUT2D eigenvalue weighted by Gasteiger charge is -2.25. The first-order valence-corrected chi connectivity index (χ1v) is 10.6. The van der Waals surface area contributed by atoms with Crippen molar-refractivity contribution >= 4 is 17.5 Å². The smallest absolute Gasteiger partial charge is 0.262 e. The molecule has 1 aliphatic heterocycles. The summed E-state index contributed by atoms with van der Waals surface area (Å²) < 4.78 is 27.9. The number of halogens is 2. The van der Waals surface area contributed by atoms with E-state index in [-0.39, 0.29) is 12.1 Å². The second kappa shape index (κ2) is 9.32. The third kappa shape index (κ3) is 4.82. The van der Waals surface area contributed by atoms with Crippen LogP contribution in [0.1, 0.15) is 39.5 Å². The molecule has 0 bridgehead atoms. The van der Waals surface area contributed by atoms with Crippen LogP contribution in [0.4, 0.5) is 8.78 Å². The molecule has 0 N–H and O–H groups in total. The summed E-state index contributed by atoms with van der Waals surface area (Å²) in [6.07, 6.45) is 0.345. The number of hydrogen-bond donors (Lipinski definition) is 0. The van der Waals surface area contributed by atoms with E-state index < -0.39 is 29.5 Å². The SMILES string of the molecule is Cc1ccc([C@H]2CC(c3ccccc3F)=NN2C(=O)CN(C)C(=O)c2cccc(F)c2)cc1. The van der Waals surface area contributed by atoms with Crippen LogP contribution in [0.2, 0.25) is 0 Å². The monoisotopic (exact) mass is 447 g/mol. The Morgan fingerprint density at radius 3 is 2.45 bits per heavy atom. The topological polar surface area (TPSA) is 53.0 Å². The van der Waals surface area contributed by atoms with Gasteiger partial charge in [-0.05, 0) is 36.8 Å². The van der Waals surface area contributed by atoms with Crippen LogP contribution in [-0.4, -0.2) is 41.0 Å². The standard InChI is InChI=1S/C26H23F2N3O2/c1-17-10-12-18(13-11-17)24-15-23(21-8-3-4-9-22(21)28)29-31(24)25(32)16-30(2)26(33)19-6-5-7-20(27)14-19/h3-14,24H,15-16H2,1-2H3/t24-/m1/s1. The highest BCUT2D eigenvalue weighted by Gasteiger charge is 2.34. The molecular weight excluding hydrogens is 424 g/mol. The number of nitrogens with zero attached hydrogens (tertiary/aromatic N) is 3. The molecule has 1 aliphatic rings. The van der Waals surface area contributed by atoms with Crippen LogP contribution in [0.15, 0.2) is 77.9 Å². The van der Waals surface area contributed by atoms with Gasteiger partial charge in [0.05, 0.1) is 11.8 Å². The van der Waals surface area contributed by atoms with E-state index in [0.29, 0.717) is 17.7 Å².